The molecule has 2 N–H and O–H groups in total. The molecule has 0 saturated heterocycles. The maximum Gasteiger partial charge on any atom is 0.314 e. The van der Waals surface area contributed by atoms with Crippen molar-refractivity contribution in [3.63, 3.8) is 0 Å². The number of aromatic nitrogens is 1. The first-order valence-corrected chi connectivity index (χ1v) is 7.52. The van der Waals surface area contributed by atoms with Gasteiger partial charge in [-0.3, -0.25) is 4.79 Å². The van der Waals surface area contributed by atoms with Crippen LogP contribution in [0, 0.1) is 0 Å². The van der Waals surface area contributed by atoms with E-state index in [-0.39, 0.29) is 0 Å². The quantitative estimate of drug-likeness (QED) is 0.912. The van der Waals surface area contributed by atoms with E-state index in [1.807, 2.05) is 42.1 Å². The Labute approximate surface area is 124 Å². The third-order valence-corrected chi connectivity index (χ3v) is 4.74. The van der Waals surface area contributed by atoms with Gasteiger partial charge < -0.3 is 14.8 Å². The van der Waals surface area contributed by atoms with Crippen molar-refractivity contribution in [2.24, 2.45) is 7.05 Å². The van der Waals surface area contributed by atoms with Crippen LogP contribution in [0.5, 0.6) is 0 Å². The summed E-state index contributed by atoms with van der Waals surface area (Å²) >= 11 is 0. The smallest absolute Gasteiger partial charge is 0.314 e. The molecule has 1 aliphatic carbocycles. The Morgan fingerprint density at radius 2 is 1.90 bits per heavy atom. The second-order valence-electron chi connectivity index (χ2n) is 6.15. The number of carboxylic acids is 1. The largest absolute Gasteiger partial charge is 0.481 e. The lowest BCUT2D eigenvalue weighted by Gasteiger charge is -2.37. The summed E-state index contributed by atoms with van der Waals surface area (Å²) in [4.78, 5) is 11.9. The number of para-hydroxylation sites is 1. The van der Waals surface area contributed by atoms with Crippen LogP contribution in [0.4, 0.5) is 0 Å². The molecular weight excluding hydrogens is 266 g/mol. The summed E-state index contributed by atoms with van der Waals surface area (Å²) in [6.45, 7) is 0. The minimum absolute atomic E-state index is 0.563. The van der Waals surface area contributed by atoms with Gasteiger partial charge in [-0.1, -0.05) is 37.5 Å². The number of hydrogen-bond acceptors (Lipinski definition) is 2. The standard InChI is InChI=1S/C17H21NO3/c1-18-11-13(12-7-3-4-8-14(12)18)15(16(19)20)17(21)9-5-2-6-10-17/h3-4,7-8,11,15,21H,2,5-6,9-10H2,1H3,(H,19,20). The molecule has 1 aliphatic rings. The Morgan fingerprint density at radius 3 is 2.57 bits per heavy atom. The van der Waals surface area contributed by atoms with E-state index in [0.29, 0.717) is 12.8 Å². The Balaban J connectivity index is 2.14. The zero-order valence-corrected chi connectivity index (χ0v) is 12.2. The lowest BCUT2D eigenvalue weighted by molar-refractivity contribution is -0.147. The first kappa shape index (κ1) is 14.1. The van der Waals surface area contributed by atoms with Crippen LogP contribution < -0.4 is 0 Å². The number of carboxylic acid groups (broad SMARTS) is 1. The van der Waals surface area contributed by atoms with Gasteiger partial charge in [-0.15, -0.1) is 0 Å². The second kappa shape index (κ2) is 5.19. The van der Waals surface area contributed by atoms with Crippen molar-refractivity contribution in [1.29, 1.82) is 0 Å². The Bertz CT molecular complexity index is 668. The zero-order valence-electron chi connectivity index (χ0n) is 12.2. The van der Waals surface area contributed by atoms with Crippen LogP contribution in [-0.2, 0) is 11.8 Å². The van der Waals surface area contributed by atoms with E-state index < -0.39 is 17.5 Å². The Morgan fingerprint density at radius 1 is 1.24 bits per heavy atom. The number of benzene rings is 1. The molecule has 0 aliphatic heterocycles. The summed E-state index contributed by atoms with van der Waals surface area (Å²) in [7, 11) is 1.91. The minimum Gasteiger partial charge on any atom is -0.481 e. The van der Waals surface area contributed by atoms with E-state index in [0.717, 1.165) is 35.7 Å². The Hall–Kier alpha value is -1.81. The molecule has 1 saturated carbocycles. The van der Waals surface area contributed by atoms with Crippen LogP contribution in [0.3, 0.4) is 0 Å². The van der Waals surface area contributed by atoms with Gasteiger partial charge in [0.1, 0.15) is 5.92 Å². The molecule has 1 aromatic carbocycles. The fourth-order valence-corrected chi connectivity index (χ4v) is 3.71. The van der Waals surface area contributed by atoms with Gasteiger partial charge in [0.2, 0.25) is 0 Å². The SMILES string of the molecule is Cn1cc(C(C(=O)O)C2(O)CCCCC2)c2ccccc21. The molecule has 2 aromatic rings. The van der Waals surface area contributed by atoms with Crippen LogP contribution >= 0.6 is 0 Å². The molecule has 4 nitrogen and oxygen atoms in total. The summed E-state index contributed by atoms with van der Waals surface area (Å²) < 4.78 is 1.94. The lowest BCUT2D eigenvalue weighted by atomic mass is 9.73. The summed E-state index contributed by atoms with van der Waals surface area (Å²) in [5.74, 6) is -1.79. The second-order valence-corrected chi connectivity index (χ2v) is 6.15. The fourth-order valence-electron chi connectivity index (χ4n) is 3.71. The number of nitrogens with zero attached hydrogens (tertiary/aromatic N) is 1. The first-order chi connectivity index (χ1) is 10.0. The van der Waals surface area contributed by atoms with Crippen LogP contribution in [0.25, 0.3) is 10.9 Å². The zero-order chi connectivity index (χ0) is 15.0. The van der Waals surface area contributed by atoms with Crippen LogP contribution in [0.2, 0.25) is 0 Å². The monoisotopic (exact) mass is 287 g/mol. The first-order valence-electron chi connectivity index (χ1n) is 7.52. The maximum atomic E-state index is 11.9. The van der Waals surface area contributed by atoms with Crippen molar-refractivity contribution in [3.05, 3.63) is 36.0 Å². The summed E-state index contributed by atoms with van der Waals surface area (Å²) in [6.07, 6.45) is 5.84. The predicted octanol–water partition coefficient (Wildman–Crippen LogP) is 3.04. The lowest BCUT2D eigenvalue weighted by Crippen LogP contribution is -2.42. The van der Waals surface area contributed by atoms with Crippen LogP contribution in [0.15, 0.2) is 30.5 Å². The molecule has 0 amide bonds. The van der Waals surface area contributed by atoms with Gasteiger partial charge in [-0.25, -0.2) is 0 Å². The average Bonchev–Trinajstić information content (AvgIpc) is 2.77. The average molecular weight is 287 g/mol. The number of fused-ring (bicyclic) bond motifs is 1. The molecule has 21 heavy (non-hydrogen) atoms. The molecule has 0 radical (unpaired) electrons. The molecule has 0 spiro atoms. The molecule has 1 aromatic heterocycles. The highest BCUT2D eigenvalue weighted by molar-refractivity contribution is 5.90. The van der Waals surface area contributed by atoms with Gasteiger partial charge >= 0.3 is 5.97 Å². The van der Waals surface area contributed by atoms with Crippen molar-refractivity contribution in [3.8, 4) is 0 Å². The summed E-state index contributed by atoms with van der Waals surface area (Å²) in [6, 6.07) is 7.77. The van der Waals surface area contributed by atoms with Crippen molar-refractivity contribution >= 4 is 16.9 Å². The molecule has 3 rings (SSSR count). The number of aliphatic carboxylic acids is 1. The molecule has 0 bridgehead atoms. The van der Waals surface area contributed by atoms with Crippen molar-refractivity contribution in [2.45, 2.75) is 43.6 Å². The summed E-state index contributed by atoms with van der Waals surface area (Å²) in [5.41, 5.74) is 0.594. The van der Waals surface area contributed by atoms with E-state index in [2.05, 4.69) is 0 Å². The van der Waals surface area contributed by atoms with E-state index in [4.69, 9.17) is 0 Å². The van der Waals surface area contributed by atoms with Gasteiger partial charge in [-0.2, -0.15) is 0 Å². The maximum absolute atomic E-state index is 11.9. The Kier molecular flexibility index (Phi) is 3.49. The van der Waals surface area contributed by atoms with Gasteiger partial charge in [-0.05, 0) is 24.5 Å². The molecule has 1 unspecified atom stereocenters. The molecule has 1 heterocycles. The number of carbonyl (C=O) groups is 1. The number of hydrogen-bond donors (Lipinski definition) is 2. The van der Waals surface area contributed by atoms with E-state index in [1.54, 1.807) is 0 Å². The molecule has 1 atom stereocenters. The van der Waals surface area contributed by atoms with Gasteiger partial charge in [0.15, 0.2) is 0 Å². The molecule has 4 heteroatoms. The predicted molar refractivity (Wildman–Crippen MR) is 81.3 cm³/mol. The summed E-state index contributed by atoms with van der Waals surface area (Å²) in [5, 5.41) is 21.6. The highest BCUT2D eigenvalue weighted by atomic mass is 16.4. The van der Waals surface area contributed by atoms with Crippen molar-refractivity contribution < 1.29 is 15.0 Å². The molecule has 1 fully saturated rings. The van der Waals surface area contributed by atoms with Gasteiger partial charge in [0.25, 0.3) is 0 Å². The minimum atomic E-state index is -1.13. The number of aryl methyl sites for hydroxylation is 1. The molecule has 112 valence electrons. The third kappa shape index (κ3) is 2.33. The normalized spacial score (nSPS) is 19.5. The van der Waals surface area contributed by atoms with E-state index >= 15 is 0 Å². The highest BCUT2D eigenvalue weighted by Crippen LogP contribution is 2.42. The number of rotatable bonds is 3. The van der Waals surface area contributed by atoms with Crippen molar-refractivity contribution in [2.75, 3.05) is 0 Å². The number of aliphatic hydroxyl groups is 1. The van der Waals surface area contributed by atoms with Crippen molar-refractivity contribution in [1.82, 2.24) is 4.57 Å². The van der Waals surface area contributed by atoms with Crippen LogP contribution in [0.1, 0.15) is 43.6 Å². The topological polar surface area (TPSA) is 62.5 Å². The van der Waals surface area contributed by atoms with Gasteiger partial charge in [0.05, 0.1) is 5.60 Å². The van der Waals surface area contributed by atoms with E-state index in [9.17, 15) is 15.0 Å². The third-order valence-electron chi connectivity index (χ3n) is 4.74. The van der Waals surface area contributed by atoms with Crippen LogP contribution in [-0.4, -0.2) is 26.4 Å². The van der Waals surface area contributed by atoms with E-state index in [1.165, 1.54) is 0 Å². The molecular formula is C17H21NO3. The fraction of sp³-hybridized carbons (Fsp3) is 0.471. The highest BCUT2D eigenvalue weighted by Gasteiger charge is 2.44. The van der Waals surface area contributed by atoms with Gasteiger partial charge in [0, 0.05) is 24.1 Å².